The summed E-state index contributed by atoms with van der Waals surface area (Å²) in [6, 6.07) is 16.4. The second-order valence-corrected chi connectivity index (χ2v) is 8.63. The molecule has 3 aromatic rings. The van der Waals surface area contributed by atoms with Gasteiger partial charge in [-0.05, 0) is 36.4 Å². The van der Waals surface area contributed by atoms with Gasteiger partial charge in [0.2, 0.25) is 0 Å². The average molecular weight is 405 g/mol. The van der Waals surface area contributed by atoms with E-state index in [1.807, 2.05) is 30.3 Å². The SMILES string of the molecule is C[C@@H]1CN2C(=N[C@@H](c3ccccn3)[C@H]2c2ccc(-c3ccc(C(=O)O)cc3)o2)S1. The van der Waals surface area contributed by atoms with Gasteiger partial charge < -0.3 is 14.4 Å². The maximum Gasteiger partial charge on any atom is 0.335 e. The molecule has 0 saturated carbocycles. The summed E-state index contributed by atoms with van der Waals surface area (Å²) in [4.78, 5) is 22.9. The first-order valence-electron chi connectivity index (χ1n) is 9.45. The van der Waals surface area contributed by atoms with Crippen LogP contribution in [0, 0.1) is 0 Å². The van der Waals surface area contributed by atoms with E-state index in [4.69, 9.17) is 14.5 Å². The predicted molar refractivity (Wildman–Crippen MR) is 112 cm³/mol. The van der Waals surface area contributed by atoms with Gasteiger partial charge in [0.1, 0.15) is 23.6 Å². The van der Waals surface area contributed by atoms with Crippen molar-refractivity contribution in [3.63, 3.8) is 0 Å². The molecule has 29 heavy (non-hydrogen) atoms. The minimum atomic E-state index is -0.939. The van der Waals surface area contributed by atoms with Gasteiger partial charge in [0.15, 0.2) is 5.17 Å². The summed E-state index contributed by atoms with van der Waals surface area (Å²) in [7, 11) is 0. The topological polar surface area (TPSA) is 78.9 Å². The number of pyridine rings is 1. The number of carboxylic acids is 1. The highest BCUT2D eigenvalue weighted by Gasteiger charge is 2.45. The Morgan fingerprint density at radius 3 is 2.72 bits per heavy atom. The van der Waals surface area contributed by atoms with Crippen molar-refractivity contribution < 1.29 is 14.3 Å². The smallest absolute Gasteiger partial charge is 0.335 e. The van der Waals surface area contributed by atoms with Crippen LogP contribution in [-0.2, 0) is 0 Å². The first-order valence-corrected chi connectivity index (χ1v) is 10.3. The molecule has 3 atom stereocenters. The fourth-order valence-electron chi connectivity index (χ4n) is 3.87. The largest absolute Gasteiger partial charge is 0.478 e. The Bertz CT molecular complexity index is 1080. The van der Waals surface area contributed by atoms with Gasteiger partial charge >= 0.3 is 5.97 Å². The van der Waals surface area contributed by atoms with Crippen molar-refractivity contribution in [1.29, 1.82) is 0 Å². The van der Waals surface area contributed by atoms with Crippen LogP contribution in [0.15, 0.2) is 70.2 Å². The van der Waals surface area contributed by atoms with Crippen molar-refractivity contribution >= 4 is 22.9 Å². The number of aromatic nitrogens is 1. The summed E-state index contributed by atoms with van der Waals surface area (Å²) in [5.74, 6) is 0.614. The fourth-order valence-corrected chi connectivity index (χ4v) is 4.96. The van der Waals surface area contributed by atoms with Crippen molar-refractivity contribution in [1.82, 2.24) is 9.88 Å². The number of nitrogens with zero attached hydrogens (tertiary/aromatic N) is 3. The normalized spacial score (nSPS) is 23.1. The van der Waals surface area contributed by atoms with Crippen molar-refractivity contribution in [3.8, 4) is 11.3 Å². The molecule has 1 fully saturated rings. The van der Waals surface area contributed by atoms with Gasteiger partial charge in [0.25, 0.3) is 0 Å². The van der Waals surface area contributed by atoms with Crippen LogP contribution >= 0.6 is 11.8 Å². The number of hydrogen-bond acceptors (Lipinski definition) is 6. The molecule has 0 radical (unpaired) electrons. The van der Waals surface area contributed by atoms with E-state index in [0.29, 0.717) is 11.0 Å². The molecule has 2 aliphatic rings. The third-order valence-electron chi connectivity index (χ3n) is 5.22. The van der Waals surface area contributed by atoms with Gasteiger partial charge in [-0.2, -0.15) is 0 Å². The van der Waals surface area contributed by atoms with Gasteiger partial charge in [-0.1, -0.05) is 36.9 Å². The zero-order valence-corrected chi connectivity index (χ0v) is 16.5. The average Bonchev–Trinajstić information content (AvgIpc) is 3.42. The number of aliphatic imine (C=N–C) groups is 1. The van der Waals surface area contributed by atoms with Crippen LogP contribution < -0.4 is 0 Å². The van der Waals surface area contributed by atoms with E-state index in [-0.39, 0.29) is 17.6 Å². The Morgan fingerprint density at radius 2 is 2.00 bits per heavy atom. The van der Waals surface area contributed by atoms with E-state index in [1.165, 1.54) is 0 Å². The zero-order chi connectivity index (χ0) is 20.0. The summed E-state index contributed by atoms with van der Waals surface area (Å²) >= 11 is 1.79. The van der Waals surface area contributed by atoms with Crippen LogP contribution in [0.25, 0.3) is 11.3 Å². The standard InChI is InChI=1S/C22H19N3O3S/c1-13-12-25-20(19(24-22(25)29-13)16-4-2-3-11-23-16)18-10-9-17(28-18)14-5-7-15(8-6-14)21(26)27/h2-11,13,19-20H,12H2,1H3,(H,26,27)/t13-,19+,20-/m1/s1. The number of aromatic carboxylic acids is 1. The number of fused-ring (bicyclic) bond motifs is 1. The molecule has 7 heteroatoms. The molecule has 0 aliphatic carbocycles. The molecule has 1 N–H and O–H groups in total. The lowest BCUT2D eigenvalue weighted by Gasteiger charge is -2.25. The second-order valence-electron chi connectivity index (χ2n) is 7.22. The van der Waals surface area contributed by atoms with Crippen molar-refractivity contribution in [2.75, 3.05) is 6.54 Å². The lowest BCUT2D eigenvalue weighted by molar-refractivity contribution is 0.0697. The number of hydrogen-bond donors (Lipinski definition) is 1. The molecule has 2 aliphatic heterocycles. The second kappa shape index (κ2) is 7.08. The summed E-state index contributed by atoms with van der Waals surface area (Å²) in [6.07, 6.45) is 1.79. The maximum atomic E-state index is 11.1. The van der Waals surface area contributed by atoms with E-state index in [0.717, 1.165) is 28.7 Å². The highest BCUT2D eigenvalue weighted by molar-refractivity contribution is 8.14. The Labute approximate surface area is 172 Å². The number of carbonyl (C=O) groups is 1. The minimum Gasteiger partial charge on any atom is -0.478 e. The molecule has 5 rings (SSSR count). The van der Waals surface area contributed by atoms with Gasteiger partial charge in [-0.15, -0.1) is 0 Å². The molecule has 1 aromatic carbocycles. The lowest BCUT2D eigenvalue weighted by Crippen LogP contribution is -2.28. The van der Waals surface area contributed by atoms with Crippen molar-refractivity contribution in [2.24, 2.45) is 4.99 Å². The van der Waals surface area contributed by atoms with E-state index in [1.54, 1.807) is 42.2 Å². The van der Waals surface area contributed by atoms with Gasteiger partial charge in [0, 0.05) is 23.6 Å². The van der Waals surface area contributed by atoms with Gasteiger partial charge in [0.05, 0.1) is 11.3 Å². The molecule has 0 bridgehead atoms. The molecule has 0 amide bonds. The molecule has 2 aromatic heterocycles. The fraction of sp³-hybridized carbons (Fsp3) is 0.227. The first kappa shape index (κ1) is 18.0. The number of rotatable bonds is 4. The van der Waals surface area contributed by atoms with Gasteiger partial charge in [-0.25, -0.2) is 9.79 Å². The lowest BCUT2D eigenvalue weighted by atomic mass is 10.0. The zero-order valence-electron chi connectivity index (χ0n) is 15.7. The number of amidine groups is 1. The van der Waals surface area contributed by atoms with Crippen molar-refractivity contribution in [2.45, 2.75) is 24.3 Å². The maximum absolute atomic E-state index is 11.1. The van der Waals surface area contributed by atoms with E-state index in [9.17, 15) is 4.79 Å². The summed E-state index contributed by atoms with van der Waals surface area (Å²) < 4.78 is 6.25. The molecule has 1 saturated heterocycles. The van der Waals surface area contributed by atoms with Crippen LogP contribution in [0.4, 0.5) is 0 Å². The van der Waals surface area contributed by atoms with Crippen LogP contribution in [0.2, 0.25) is 0 Å². The first-order chi connectivity index (χ1) is 14.1. The third-order valence-corrected chi connectivity index (χ3v) is 6.32. The van der Waals surface area contributed by atoms with Crippen LogP contribution in [-0.4, -0.2) is 37.9 Å². The highest BCUT2D eigenvalue weighted by Crippen LogP contribution is 2.48. The van der Waals surface area contributed by atoms with Crippen LogP contribution in [0.5, 0.6) is 0 Å². The highest BCUT2D eigenvalue weighted by atomic mass is 32.2. The molecular formula is C22H19N3O3S. The molecule has 4 heterocycles. The van der Waals surface area contributed by atoms with E-state index in [2.05, 4.69) is 16.8 Å². The third kappa shape index (κ3) is 3.21. The Kier molecular flexibility index (Phi) is 4.39. The summed E-state index contributed by atoms with van der Waals surface area (Å²) in [5.41, 5.74) is 2.03. The molecule has 146 valence electrons. The molecule has 0 spiro atoms. The Hall–Kier alpha value is -3.06. The Morgan fingerprint density at radius 1 is 1.17 bits per heavy atom. The number of thioether (sulfide) groups is 1. The minimum absolute atomic E-state index is 0.0376. The molecule has 0 unspecified atom stereocenters. The Balaban J connectivity index is 1.49. The summed E-state index contributed by atoms with van der Waals surface area (Å²) in [6.45, 7) is 3.12. The van der Waals surface area contributed by atoms with Crippen molar-refractivity contribution in [3.05, 3.63) is 77.8 Å². The molecular weight excluding hydrogens is 386 g/mol. The summed E-state index contributed by atoms with van der Waals surface area (Å²) in [5, 5.41) is 10.6. The number of furan rings is 1. The van der Waals surface area contributed by atoms with E-state index >= 15 is 0 Å². The predicted octanol–water partition coefficient (Wildman–Crippen LogP) is 4.63. The monoisotopic (exact) mass is 405 g/mol. The quantitative estimate of drug-likeness (QED) is 0.682. The number of benzene rings is 1. The van der Waals surface area contributed by atoms with Crippen LogP contribution in [0.3, 0.4) is 0 Å². The van der Waals surface area contributed by atoms with E-state index < -0.39 is 5.97 Å². The molecule has 6 nitrogen and oxygen atoms in total. The van der Waals surface area contributed by atoms with Crippen LogP contribution in [0.1, 0.15) is 40.8 Å². The number of carboxylic acid groups (broad SMARTS) is 1. The van der Waals surface area contributed by atoms with Gasteiger partial charge in [-0.3, -0.25) is 4.98 Å².